The van der Waals surface area contributed by atoms with E-state index in [9.17, 15) is 57.9 Å². The van der Waals surface area contributed by atoms with Crippen LogP contribution in [0, 0.1) is 5.41 Å². The van der Waals surface area contributed by atoms with E-state index in [1.165, 1.54) is 13.8 Å². The predicted molar refractivity (Wildman–Crippen MR) is 205 cm³/mol. The summed E-state index contributed by atoms with van der Waals surface area (Å²) in [7, 11) is -16.4. The Morgan fingerprint density at radius 2 is 1.76 bits per heavy atom. The fourth-order valence-corrected chi connectivity index (χ4v) is 8.64. The number of unbranched alkanes of at least 4 members (excludes halogenated alkanes) is 3. The number of phosphoric ester groups is 3. The third-order valence-corrected chi connectivity index (χ3v) is 12.2. The molecule has 328 valence electrons. The number of anilines is 1. The second-order valence-electron chi connectivity index (χ2n) is 13.5. The molecule has 0 spiro atoms. The number of allylic oxidation sites excluding steroid dienone is 2. The van der Waals surface area contributed by atoms with Crippen LogP contribution in [-0.2, 0) is 50.7 Å². The standard InChI is InChI=1S/C30H50N7O17P3S/c1-4-5-6-7-8-9-10-21(39)58-14-13-32-20(38)11-12-33-28(42)25(41)30(2,3)16-51-57(48,49)54-56(46,47)50-15-19-24(53-55(43,44)45)23(40)29(52-19)37-18-36-22-26(31)34-17-35-27(22)37/h8-9,17-19,23-25,29,40-41H,4-7,10-16H2,1-3H3,(H,32,38)(H,33,42)(H,46,47)(H,48,49)(H2,31,34,35)(H2,43,44,45)/t19-,23-,24-,25+,29-/m1/s1. The van der Waals surface area contributed by atoms with Crippen LogP contribution in [0.5, 0.6) is 0 Å². The van der Waals surface area contributed by atoms with Gasteiger partial charge in [0, 0.05) is 37.1 Å². The highest BCUT2D eigenvalue weighted by Gasteiger charge is 2.50. The van der Waals surface area contributed by atoms with Gasteiger partial charge >= 0.3 is 23.5 Å². The molecule has 1 fully saturated rings. The van der Waals surface area contributed by atoms with Crippen molar-refractivity contribution in [3.63, 3.8) is 0 Å². The van der Waals surface area contributed by atoms with Crippen LogP contribution < -0.4 is 16.4 Å². The molecule has 1 aliphatic heterocycles. The van der Waals surface area contributed by atoms with E-state index < -0.39 is 84.6 Å². The average molecular weight is 906 g/mol. The molecule has 7 atom stereocenters. The Balaban J connectivity index is 1.44. The topological polar surface area (TPSA) is 364 Å². The molecule has 0 aromatic carbocycles. The molecule has 0 bridgehead atoms. The molecule has 0 aliphatic carbocycles. The van der Waals surface area contributed by atoms with Gasteiger partial charge in [-0.15, -0.1) is 0 Å². The number of fused-ring (bicyclic) bond motifs is 1. The lowest BCUT2D eigenvalue weighted by molar-refractivity contribution is -0.137. The van der Waals surface area contributed by atoms with Gasteiger partial charge in [-0.05, 0) is 12.8 Å². The van der Waals surface area contributed by atoms with Crippen LogP contribution in [0.1, 0.15) is 65.5 Å². The number of ether oxygens (including phenoxy) is 1. The molecule has 28 heteroatoms. The van der Waals surface area contributed by atoms with Crippen LogP contribution in [0.2, 0.25) is 0 Å². The van der Waals surface area contributed by atoms with Gasteiger partial charge in [0.2, 0.25) is 11.8 Å². The van der Waals surface area contributed by atoms with E-state index in [2.05, 4.69) is 41.3 Å². The van der Waals surface area contributed by atoms with Crippen molar-refractivity contribution >= 4 is 69.1 Å². The summed E-state index contributed by atoms with van der Waals surface area (Å²) in [4.78, 5) is 87.6. The lowest BCUT2D eigenvalue weighted by atomic mass is 9.87. The first-order chi connectivity index (χ1) is 27.1. The Hall–Kier alpha value is -2.70. The number of aliphatic hydroxyl groups excluding tert-OH is 2. The van der Waals surface area contributed by atoms with Crippen LogP contribution in [0.4, 0.5) is 5.82 Å². The van der Waals surface area contributed by atoms with Gasteiger partial charge in [-0.2, -0.15) is 4.31 Å². The van der Waals surface area contributed by atoms with Crippen LogP contribution >= 0.6 is 35.2 Å². The van der Waals surface area contributed by atoms with Crippen LogP contribution in [0.3, 0.4) is 0 Å². The average Bonchev–Trinajstić information content (AvgIpc) is 3.69. The number of rotatable bonds is 25. The first kappa shape index (κ1) is 49.7. The van der Waals surface area contributed by atoms with Crippen molar-refractivity contribution in [2.24, 2.45) is 5.41 Å². The number of aliphatic hydroxyl groups is 2. The monoisotopic (exact) mass is 905 g/mol. The Labute approximate surface area is 337 Å². The molecule has 2 amide bonds. The molecule has 1 aliphatic rings. The lowest BCUT2D eigenvalue weighted by Crippen LogP contribution is -2.46. The maximum Gasteiger partial charge on any atom is 0.481 e. The molecule has 0 radical (unpaired) electrons. The number of thioether (sulfide) groups is 1. The highest BCUT2D eigenvalue weighted by Crippen LogP contribution is 2.61. The van der Waals surface area contributed by atoms with Crippen molar-refractivity contribution < 1.29 is 80.5 Å². The van der Waals surface area contributed by atoms with Crippen LogP contribution in [0.25, 0.3) is 11.2 Å². The molecule has 2 aromatic heterocycles. The zero-order chi connectivity index (χ0) is 43.3. The summed E-state index contributed by atoms with van der Waals surface area (Å²) in [5, 5.41) is 26.4. The van der Waals surface area contributed by atoms with Gasteiger partial charge in [0.15, 0.2) is 22.8 Å². The minimum Gasteiger partial charge on any atom is -0.386 e. The van der Waals surface area contributed by atoms with Crippen molar-refractivity contribution in [3.05, 3.63) is 24.8 Å². The maximum atomic E-state index is 12.7. The van der Waals surface area contributed by atoms with Gasteiger partial charge in [0.05, 0.1) is 19.5 Å². The normalized spacial score (nSPS) is 21.5. The van der Waals surface area contributed by atoms with Gasteiger partial charge in [0.1, 0.15) is 36.3 Å². The van der Waals surface area contributed by atoms with Crippen molar-refractivity contribution in [1.82, 2.24) is 30.2 Å². The number of nitrogens with zero attached hydrogens (tertiary/aromatic N) is 4. The van der Waals surface area contributed by atoms with Crippen molar-refractivity contribution in [2.75, 3.05) is 37.8 Å². The fourth-order valence-electron chi connectivity index (χ4n) is 5.16. The molecule has 0 saturated carbocycles. The largest absolute Gasteiger partial charge is 0.481 e. The van der Waals surface area contributed by atoms with Crippen molar-refractivity contribution in [2.45, 2.75) is 89.9 Å². The number of nitrogens with two attached hydrogens (primary N) is 1. The minimum absolute atomic E-state index is 0.0297. The first-order valence-electron chi connectivity index (χ1n) is 17.8. The maximum absolute atomic E-state index is 12.7. The van der Waals surface area contributed by atoms with Crippen LogP contribution in [0.15, 0.2) is 24.8 Å². The van der Waals surface area contributed by atoms with E-state index in [0.29, 0.717) is 12.2 Å². The molecule has 2 aromatic rings. The number of imidazole rings is 1. The molecule has 3 heterocycles. The Bertz CT molecular complexity index is 1880. The van der Waals surface area contributed by atoms with Crippen molar-refractivity contribution in [3.8, 4) is 0 Å². The van der Waals surface area contributed by atoms with Crippen LogP contribution in [-0.4, -0.2) is 123 Å². The number of aromatic nitrogens is 4. The van der Waals surface area contributed by atoms with Gasteiger partial charge in [-0.1, -0.05) is 57.5 Å². The number of phosphoric acid groups is 3. The minimum atomic E-state index is -5.57. The number of nitrogen functional groups attached to an aromatic ring is 1. The zero-order valence-corrected chi connectivity index (χ0v) is 35.3. The third kappa shape index (κ3) is 16.1. The summed E-state index contributed by atoms with van der Waals surface area (Å²) < 4.78 is 62.2. The lowest BCUT2D eigenvalue weighted by Gasteiger charge is -2.30. The SMILES string of the molecule is CCCCCC=CCC(=O)SCCNC(=O)CCNC(=O)[C@H](O)C(C)(C)COP(=O)(O)OP(=O)(O)OC[C@H]1O[C@@H](n2cnc3c(N)ncnc32)[C@H](O)[C@@H]1OP(=O)(O)O. The third-order valence-electron chi connectivity index (χ3n) is 8.19. The Kier molecular flexibility index (Phi) is 19.0. The van der Waals surface area contributed by atoms with E-state index in [1.54, 1.807) is 0 Å². The van der Waals surface area contributed by atoms with E-state index in [1.807, 2.05) is 12.2 Å². The predicted octanol–water partition coefficient (Wildman–Crippen LogP) is 1.19. The Morgan fingerprint density at radius 3 is 2.45 bits per heavy atom. The first-order valence-corrected chi connectivity index (χ1v) is 23.3. The smallest absolute Gasteiger partial charge is 0.386 e. The second-order valence-corrected chi connectivity index (χ2v) is 18.8. The summed E-state index contributed by atoms with van der Waals surface area (Å²) >= 11 is 1.09. The second kappa shape index (κ2) is 22.2. The summed E-state index contributed by atoms with van der Waals surface area (Å²) in [5.41, 5.74) is 4.27. The van der Waals surface area contributed by atoms with E-state index in [0.717, 1.165) is 54.7 Å². The molecule has 1 saturated heterocycles. The number of carbonyl (C=O) groups is 3. The van der Waals surface area contributed by atoms with E-state index >= 15 is 0 Å². The number of hydrogen-bond donors (Lipinski definition) is 9. The van der Waals surface area contributed by atoms with Gasteiger partial charge < -0.3 is 50.9 Å². The number of nitrogens with one attached hydrogen (secondary N) is 2. The molecular weight excluding hydrogens is 855 g/mol. The fraction of sp³-hybridized carbons (Fsp3) is 0.667. The molecule has 58 heavy (non-hydrogen) atoms. The van der Waals surface area contributed by atoms with E-state index in [-0.39, 0.29) is 41.6 Å². The van der Waals surface area contributed by atoms with E-state index in [4.69, 9.17) is 19.5 Å². The summed E-state index contributed by atoms with van der Waals surface area (Å²) in [5.74, 6) is -1.09. The van der Waals surface area contributed by atoms with Crippen molar-refractivity contribution in [1.29, 1.82) is 0 Å². The number of hydrogen-bond acceptors (Lipinski definition) is 18. The molecular formula is C30H50N7O17P3S. The highest BCUT2D eigenvalue weighted by molar-refractivity contribution is 8.13. The molecule has 10 N–H and O–H groups in total. The van der Waals surface area contributed by atoms with Gasteiger partial charge in [-0.3, -0.25) is 32.5 Å². The molecule has 24 nitrogen and oxygen atoms in total. The summed E-state index contributed by atoms with van der Waals surface area (Å²) in [6.45, 7) is 2.63. The zero-order valence-electron chi connectivity index (χ0n) is 31.8. The summed E-state index contributed by atoms with van der Waals surface area (Å²) in [6, 6.07) is 0. The molecule has 2 unspecified atom stereocenters. The number of amides is 2. The van der Waals surface area contributed by atoms with Gasteiger partial charge in [0.25, 0.3) is 0 Å². The highest BCUT2D eigenvalue weighted by atomic mass is 32.2. The molecule has 3 rings (SSSR count). The number of carbonyl (C=O) groups excluding carboxylic acids is 3. The van der Waals surface area contributed by atoms with Gasteiger partial charge in [-0.25, -0.2) is 28.6 Å². The quantitative estimate of drug-likeness (QED) is 0.0384. The Morgan fingerprint density at radius 1 is 1.05 bits per heavy atom. The summed E-state index contributed by atoms with van der Waals surface area (Å²) in [6.07, 6.45) is 1.47.